The smallest absolute Gasteiger partial charge is 0.261 e. The van der Waals surface area contributed by atoms with Crippen LogP contribution in [0.1, 0.15) is 35.0 Å². The SMILES string of the molecule is CC(C)c1ccsc1C(=O)NCC1CNC1. The molecule has 0 radical (unpaired) electrons. The summed E-state index contributed by atoms with van der Waals surface area (Å²) in [6, 6.07) is 2.05. The number of hydrogen-bond donors (Lipinski definition) is 2. The minimum atomic E-state index is 0.0885. The van der Waals surface area contributed by atoms with Gasteiger partial charge in [0.1, 0.15) is 0 Å². The van der Waals surface area contributed by atoms with Gasteiger partial charge in [-0.05, 0) is 22.9 Å². The van der Waals surface area contributed by atoms with Crippen molar-refractivity contribution in [2.45, 2.75) is 19.8 Å². The van der Waals surface area contributed by atoms with Crippen LogP contribution in [0.3, 0.4) is 0 Å². The summed E-state index contributed by atoms with van der Waals surface area (Å²) in [6.07, 6.45) is 0. The fourth-order valence-corrected chi connectivity index (χ4v) is 2.74. The van der Waals surface area contributed by atoms with E-state index < -0.39 is 0 Å². The van der Waals surface area contributed by atoms with Crippen molar-refractivity contribution in [1.82, 2.24) is 10.6 Å². The Bertz CT molecular complexity index is 369. The van der Waals surface area contributed by atoms with Gasteiger partial charge in [-0.15, -0.1) is 11.3 Å². The molecule has 16 heavy (non-hydrogen) atoms. The molecule has 1 aliphatic heterocycles. The maximum Gasteiger partial charge on any atom is 0.261 e. The summed E-state index contributed by atoms with van der Waals surface area (Å²) in [4.78, 5) is 12.8. The molecule has 1 saturated heterocycles. The maximum atomic E-state index is 12.0. The molecule has 1 aromatic rings. The molecule has 0 aromatic carbocycles. The van der Waals surface area contributed by atoms with E-state index in [0.717, 1.165) is 30.1 Å². The van der Waals surface area contributed by atoms with E-state index in [1.807, 2.05) is 5.38 Å². The fraction of sp³-hybridized carbons (Fsp3) is 0.583. The normalized spacial score (nSPS) is 16.2. The molecule has 0 atom stereocenters. The van der Waals surface area contributed by atoms with Gasteiger partial charge in [-0.3, -0.25) is 4.79 Å². The molecule has 88 valence electrons. The van der Waals surface area contributed by atoms with Crippen molar-refractivity contribution >= 4 is 17.2 Å². The van der Waals surface area contributed by atoms with Crippen LogP contribution in [0, 0.1) is 5.92 Å². The summed E-state index contributed by atoms with van der Waals surface area (Å²) in [5.41, 5.74) is 1.16. The average molecular weight is 238 g/mol. The van der Waals surface area contributed by atoms with Crippen molar-refractivity contribution in [2.75, 3.05) is 19.6 Å². The first kappa shape index (κ1) is 11.6. The topological polar surface area (TPSA) is 41.1 Å². The van der Waals surface area contributed by atoms with Crippen molar-refractivity contribution in [3.63, 3.8) is 0 Å². The van der Waals surface area contributed by atoms with Gasteiger partial charge in [0, 0.05) is 25.6 Å². The molecule has 2 heterocycles. The summed E-state index contributed by atoms with van der Waals surface area (Å²) >= 11 is 1.54. The largest absolute Gasteiger partial charge is 0.351 e. The van der Waals surface area contributed by atoms with Gasteiger partial charge in [0.15, 0.2) is 0 Å². The minimum absolute atomic E-state index is 0.0885. The summed E-state index contributed by atoms with van der Waals surface area (Å²) in [5.74, 6) is 1.12. The molecular weight excluding hydrogens is 220 g/mol. The number of amides is 1. The van der Waals surface area contributed by atoms with Crippen LogP contribution < -0.4 is 10.6 Å². The third kappa shape index (κ3) is 2.44. The molecule has 0 unspecified atom stereocenters. The van der Waals surface area contributed by atoms with E-state index in [-0.39, 0.29) is 5.91 Å². The Morgan fingerprint density at radius 1 is 1.62 bits per heavy atom. The van der Waals surface area contributed by atoms with Crippen LogP contribution >= 0.6 is 11.3 Å². The van der Waals surface area contributed by atoms with Crippen LogP contribution in [0.5, 0.6) is 0 Å². The number of nitrogens with one attached hydrogen (secondary N) is 2. The van der Waals surface area contributed by atoms with Gasteiger partial charge in [-0.25, -0.2) is 0 Å². The zero-order chi connectivity index (χ0) is 11.5. The molecule has 0 aliphatic carbocycles. The first-order chi connectivity index (χ1) is 7.68. The number of hydrogen-bond acceptors (Lipinski definition) is 3. The predicted octanol–water partition coefficient (Wildman–Crippen LogP) is 1.82. The molecular formula is C12H18N2OS. The molecule has 1 fully saturated rings. The second-order valence-corrected chi connectivity index (χ2v) is 5.51. The second kappa shape index (κ2) is 4.97. The van der Waals surface area contributed by atoms with Crippen LogP contribution in [0.15, 0.2) is 11.4 Å². The second-order valence-electron chi connectivity index (χ2n) is 4.59. The van der Waals surface area contributed by atoms with Gasteiger partial charge in [0.25, 0.3) is 5.91 Å². The summed E-state index contributed by atoms with van der Waals surface area (Å²) in [6.45, 7) is 7.09. The Labute approximate surface area is 100 Å². The van der Waals surface area contributed by atoms with Crippen molar-refractivity contribution < 1.29 is 4.79 Å². The van der Waals surface area contributed by atoms with Crippen molar-refractivity contribution in [3.05, 3.63) is 21.9 Å². The zero-order valence-corrected chi connectivity index (χ0v) is 10.6. The van der Waals surface area contributed by atoms with Gasteiger partial charge in [-0.2, -0.15) is 0 Å². The van der Waals surface area contributed by atoms with E-state index in [1.54, 1.807) is 0 Å². The first-order valence-corrected chi connectivity index (χ1v) is 6.62. The highest BCUT2D eigenvalue weighted by Gasteiger charge is 2.19. The first-order valence-electron chi connectivity index (χ1n) is 5.74. The lowest BCUT2D eigenvalue weighted by Crippen LogP contribution is -2.48. The van der Waals surface area contributed by atoms with Crippen LogP contribution in [0.4, 0.5) is 0 Å². The predicted molar refractivity (Wildman–Crippen MR) is 67.1 cm³/mol. The van der Waals surface area contributed by atoms with Crippen LogP contribution in [0.25, 0.3) is 0 Å². The molecule has 0 saturated carbocycles. The number of carbonyl (C=O) groups excluding carboxylic acids is 1. The van der Waals surface area contributed by atoms with Crippen LogP contribution in [0.2, 0.25) is 0 Å². The quantitative estimate of drug-likeness (QED) is 0.840. The Kier molecular flexibility index (Phi) is 3.61. The molecule has 0 bridgehead atoms. The van der Waals surface area contributed by atoms with Crippen LogP contribution in [-0.4, -0.2) is 25.5 Å². The lowest BCUT2D eigenvalue weighted by molar-refractivity contribution is 0.0945. The zero-order valence-electron chi connectivity index (χ0n) is 9.75. The van der Waals surface area contributed by atoms with Gasteiger partial charge < -0.3 is 10.6 Å². The summed E-state index contributed by atoms with van der Waals surface area (Å²) < 4.78 is 0. The van der Waals surface area contributed by atoms with Gasteiger partial charge in [0.2, 0.25) is 0 Å². The average Bonchev–Trinajstić information content (AvgIpc) is 2.63. The maximum absolute atomic E-state index is 12.0. The fourth-order valence-electron chi connectivity index (χ4n) is 1.77. The molecule has 1 aromatic heterocycles. The lowest BCUT2D eigenvalue weighted by atomic mass is 10.0. The molecule has 0 spiro atoms. The van der Waals surface area contributed by atoms with Crippen LogP contribution in [-0.2, 0) is 0 Å². The van der Waals surface area contributed by atoms with E-state index in [4.69, 9.17) is 0 Å². The lowest BCUT2D eigenvalue weighted by Gasteiger charge is -2.27. The van der Waals surface area contributed by atoms with Crippen molar-refractivity contribution in [3.8, 4) is 0 Å². The number of carbonyl (C=O) groups is 1. The molecule has 1 aliphatic rings. The highest BCUT2D eigenvalue weighted by atomic mass is 32.1. The van der Waals surface area contributed by atoms with E-state index in [2.05, 4.69) is 30.5 Å². The highest BCUT2D eigenvalue weighted by Crippen LogP contribution is 2.24. The van der Waals surface area contributed by atoms with E-state index >= 15 is 0 Å². The molecule has 2 rings (SSSR count). The standard InChI is InChI=1S/C12H18N2OS/c1-8(2)10-3-4-16-11(10)12(15)14-7-9-5-13-6-9/h3-4,8-9,13H,5-7H2,1-2H3,(H,14,15). The van der Waals surface area contributed by atoms with E-state index in [9.17, 15) is 4.79 Å². The van der Waals surface area contributed by atoms with Crippen molar-refractivity contribution in [1.29, 1.82) is 0 Å². The van der Waals surface area contributed by atoms with Gasteiger partial charge >= 0.3 is 0 Å². The summed E-state index contributed by atoms with van der Waals surface area (Å²) in [5, 5.41) is 8.21. The molecule has 3 nitrogen and oxygen atoms in total. The Morgan fingerprint density at radius 3 is 2.94 bits per heavy atom. The van der Waals surface area contributed by atoms with Crippen molar-refractivity contribution in [2.24, 2.45) is 5.92 Å². The van der Waals surface area contributed by atoms with E-state index in [0.29, 0.717) is 11.8 Å². The molecule has 2 N–H and O–H groups in total. The number of rotatable bonds is 4. The monoisotopic (exact) mass is 238 g/mol. The van der Waals surface area contributed by atoms with E-state index in [1.165, 1.54) is 11.3 Å². The number of thiophene rings is 1. The molecule has 1 amide bonds. The third-order valence-electron chi connectivity index (χ3n) is 2.94. The third-order valence-corrected chi connectivity index (χ3v) is 3.87. The minimum Gasteiger partial charge on any atom is -0.351 e. The molecule has 4 heteroatoms. The Morgan fingerprint density at radius 2 is 2.38 bits per heavy atom. The summed E-state index contributed by atoms with van der Waals surface area (Å²) in [7, 11) is 0. The van der Waals surface area contributed by atoms with Gasteiger partial charge in [0.05, 0.1) is 4.88 Å². The Balaban J connectivity index is 1.94. The Hall–Kier alpha value is -0.870. The van der Waals surface area contributed by atoms with Gasteiger partial charge in [-0.1, -0.05) is 13.8 Å². The highest BCUT2D eigenvalue weighted by molar-refractivity contribution is 7.12.